The van der Waals surface area contributed by atoms with Crippen LogP contribution in [0.1, 0.15) is 23.5 Å². The Morgan fingerprint density at radius 2 is 2.29 bits per heavy atom. The van der Waals surface area contributed by atoms with Crippen LogP contribution in [-0.2, 0) is 9.53 Å². The highest BCUT2D eigenvalue weighted by molar-refractivity contribution is 5.85. The molecule has 1 aromatic heterocycles. The second-order valence-electron chi connectivity index (χ2n) is 2.71. The minimum atomic E-state index is -1.12. The maximum absolute atomic E-state index is 11.1. The van der Waals surface area contributed by atoms with Crippen molar-refractivity contribution in [3.63, 3.8) is 0 Å². The zero-order chi connectivity index (χ0) is 10.7. The van der Waals surface area contributed by atoms with Gasteiger partial charge in [0.1, 0.15) is 6.04 Å². The van der Waals surface area contributed by atoms with E-state index in [1.54, 1.807) is 6.92 Å². The van der Waals surface area contributed by atoms with Gasteiger partial charge in [0.15, 0.2) is 5.69 Å². The number of esters is 1. The zero-order valence-corrected chi connectivity index (χ0v) is 7.80. The van der Waals surface area contributed by atoms with Crippen molar-refractivity contribution >= 4 is 11.9 Å². The van der Waals surface area contributed by atoms with Crippen molar-refractivity contribution in [1.29, 1.82) is 0 Å². The monoisotopic (exact) mass is 198 g/mol. The van der Waals surface area contributed by atoms with Crippen molar-refractivity contribution in [1.82, 2.24) is 9.55 Å². The van der Waals surface area contributed by atoms with Gasteiger partial charge in [-0.3, -0.25) is 0 Å². The van der Waals surface area contributed by atoms with E-state index in [0.29, 0.717) is 0 Å². The first-order valence-electron chi connectivity index (χ1n) is 3.91. The number of carbonyl (C=O) groups is 2. The van der Waals surface area contributed by atoms with Crippen molar-refractivity contribution in [3.05, 3.63) is 18.2 Å². The fourth-order valence-corrected chi connectivity index (χ4v) is 0.951. The number of imidazole rings is 1. The molecule has 0 aliphatic rings. The summed E-state index contributed by atoms with van der Waals surface area (Å²) in [6.07, 6.45) is 2.56. The fourth-order valence-electron chi connectivity index (χ4n) is 0.951. The van der Waals surface area contributed by atoms with Gasteiger partial charge in [-0.15, -0.1) is 0 Å². The van der Waals surface area contributed by atoms with E-state index in [4.69, 9.17) is 5.11 Å². The summed E-state index contributed by atoms with van der Waals surface area (Å²) in [7, 11) is 1.27. The Hall–Kier alpha value is -1.85. The summed E-state index contributed by atoms with van der Waals surface area (Å²) in [5, 5.41) is 8.58. The summed E-state index contributed by atoms with van der Waals surface area (Å²) in [6, 6.07) is -0.569. The third-order valence-corrected chi connectivity index (χ3v) is 1.81. The largest absolute Gasteiger partial charge is 0.476 e. The lowest BCUT2D eigenvalue weighted by Crippen LogP contribution is -2.16. The first-order chi connectivity index (χ1) is 6.56. The summed E-state index contributed by atoms with van der Waals surface area (Å²) < 4.78 is 5.89. The second-order valence-corrected chi connectivity index (χ2v) is 2.71. The molecular weight excluding hydrogens is 188 g/mol. The SMILES string of the molecule is COC(=O)C(C)n1cnc(C(=O)O)c1. The Kier molecular flexibility index (Phi) is 2.85. The van der Waals surface area contributed by atoms with E-state index in [1.807, 2.05) is 0 Å². The average Bonchev–Trinajstić information content (AvgIpc) is 2.64. The number of aromatic carboxylic acids is 1. The molecule has 1 aromatic rings. The van der Waals surface area contributed by atoms with E-state index < -0.39 is 18.0 Å². The first kappa shape index (κ1) is 10.2. The van der Waals surface area contributed by atoms with Gasteiger partial charge in [-0.25, -0.2) is 14.6 Å². The van der Waals surface area contributed by atoms with Gasteiger partial charge in [-0.2, -0.15) is 0 Å². The van der Waals surface area contributed by atoms with Crippen LogP contribution in [0.5, 0.6) is 0 Å². The first-order valence-corrected chi connectivity index (χ1v) is 3.91. The van der Waals surface area contributed by atoms with Crippen molar-refractivity contribution in [2.75, 3.05) is 7.11 Å². The van der Waals surface area contributed by atoms with E-state index in [1.165, 1.54) is 24.2 Å². The van der Waals surface area contributed by atoms with Crippen molar-refractivity contribution in [2.24, 2.45) is 0 Å². The number of ether oxygens (including phenoxy) is 1. The Bertz CT molecular complexity index is 358. The summed E-state index contributed by atoms with van der Waals surface area (Å²) in [5.74, 6) is -1.57. The Balaban J connectivity index is 2.86. The van der Waals surface area contributed by atoms with E-state index >= 15 is 0 Å². The molecule has 0 aromatic carbocycles. The Labute approximate surface area is 80.1 Å². The molecule has 0 saturated carbocycles. The molecule has 1 unspecified atom stereocenters. The highest BCUT2D eigenvalue weighted by Crippen LogP contribution is 2.08. The molecule has 1 rings (SSSR count). The number of carboxylic acids is 1. The van der Waals surface area contributed by atoms with Gasteiger partial charge < -0.3 is 14.4 Å². The summed E-state index contributed by atoms with van der Waals surface area (Å²) >= 11 is 0. The van der Waals surface area contributed by atoms with Crippen LogP contribution in [0, 0.1) is 0 Å². The van der Waals surface area contributed by atoms with Crippen LogP contribution in [-0.4, -0.2) is 33.7 Å². The minimum Gasteiger partial charge on any atom is -0.476 e. The van der Waals surface area contributed by atoms with Gasteiger partial charge in [0.05, 0.1) is 13.4 Å². The number of carbonyl (C=O) groups excluding carboxylic acids is 1. The van der Waals surface area contributed by atoms with Crippen LogP contribution >= 0.6 is 0 Å². The van der Waals surface area contributed by atoms with Gasteiger partial charge >= 0.3 is 11.9 Å². The van der Waals surface area contributed by atoms with Gasteiger partial charge in [-0.1, -0.05) is 0 Å². The van der Waals surface area contributed by atoms with Crippen LogP contribution in [0.2, 0.25) is 0 Å². The number of aromatic nitrogens is 2. The molecule has 6 nitrogen and oxygen atoms in total. The molecule has 1 atom stereocenters. The Morgan fingerprint density at radius 3 is 2.71 bits per heavy atom. The molecule has 6 heteroatoms. The average molecular weight is 198 g/mol. The normalized spacial score (nSPS) is 12.1. The maximum atomic E-state index is 11.1. The number of methoxy groups -OCH3 is 1. The van der Waals surface area contributed by atoms with Crippen LogP contribution < -0.4 is 0 Å². The van der Waals surface area contributed by atoms with Crippen molar-refractivity contribution in [3.8, 4) is 0 Å². The second kappa shape index (κ2) is 3.91. The van der Waals surface area contributed by atoms with E-state index in [0.717, 1.165) is 0 Å². The predicted octanol–water partition coefficient (Wildman–Crippen LogP) is 0.315. The lowest BCUT2D eigenvalue weighted by molar-refractivity contribution is -0.144. The molecule has 1 N–H and O–H groups in total. The Morgan fingerprint density at radius 1 is 1.64 bits per heavy atom. The molecule has 0 saturated heterocycles. The molecule has 1 heterocycles. The number of hydrogen-bond donors (Lipinski definition) is 1. The van der Waals surface area contributed by atoms with Crippen molar-refractivity contribution in [2.45, 2.75) is 13.0 Å². The lowest BCUT2D eigenvalue weighted by Gasteiger charge is -2.09. The van der Waals surface area contributed by atoms with Gasteiger partial charge in [0, 0.05) is 6.20 Å². The number of carboxylic acid groups (broad SMARTS) is 1. The summed E-state index contributed by atoms with van der Waals surface area (Å²) in [6.45, 7) is 1.60. The minimum absolute atomic E-state index is 0.0965. The molecule has 0 radical (unpaired) electrons. The third kappa shape index (κ3) is 1.90. The highest BCUT2D eigenvalue weighted by Gasteiger charge is 2.16. The van der Waals surface area contributed by atoms with Crippen LogP contribution in [0.3, 0.4) is 0 Å². The van der Waals surface area contributed by atoms with Crippen LogP contribution in [0.4, 0.5) is 0 Å². The third-order valence-electron chi connectivity index (χ3n) is 1.81. The molecule has 0 spiro atoms. The van der Waals surface area contributed by atoms with Gasteiger partial charge in [0.25, 0.3) is 0 Å². The number of rotatable bonds is 3. The van der Waals surface area contributed by atoms with E-state index in [2.05, 4.69) is 9.72 Å². The van der Waals surface area contributed by atoms with Gasteiger partial charge in [0.2, 0.25) is 0 Å². The molecule has 0 bridgehead atoms. The smallest absolute Gasteiger partial charge is 0.356 e. The number of nitrogens with zero attached hydrogens (tertiary/aromatic N) is 2. The quantitative estimate of drug-likeness (QED) is 0.707. The highest BCUT2D eigenvalue weighted by atomic mass is 16.5. The molecular formula is C8H10N2O4. The molecule has 0 aliphatic heterocycles. The summed E-state index contributed by atoms with van der Waals surface area (Å²) in [5.41, 5.74) is -0.0965. The number of hydrogen-bond acceptors (Lipinski definition) is 4. The molecule has 0 aliphatic carbocycles. The van der Waals surface area contributed by atoms with Crippen molar-refractivity contribution < 1.29 is 19.4 Å². The predicted molar refractivity (Wildman–Crippen MR) is 45.9 cm³/mol. The summed E-state index contributed by atoms with van der Waals surface area (Å²) in [4.78, 5) is 25.2. The van der Waals surface area contributed by atoms with Crippen LogP contribution in [0.25, 0.3) is 0 Å². The zero-order valence-electron chi connectivity index (χ0n) is 7.80. The molecule has 76 valence electrons. The molecule has 0 amide bonds. The van der Waals surface area contributed by atoms with Crippen LogP contribution in [0.15, 0.2) is 12.5 Å². The topological polar surface area (TPSA) is 81.4 Å². The van der Waals surface area contributed by atoms with E-state index in [-0.39, 0.29) is 5.69 Å². The standard InChI is InChI=1S/C8H10N2O4/c1-5(8(13)14-2)10-3-6(7(11)12)9-4-10/h3-5H,1-2H3,(H,11,12). The maximum Gasteiger partial charge on any atom is 0.356 e. The molecule has 0 fully saturated rings. The van der Waals surface area contributed by atoms with E-state index in [9.17, 15) is 9.59 Å². The molecule has 14 heavy (non-hydrogen) atoms. The fraction of sp³-hybridized carbons (Fsp3) is 0.375. The van der Waals surface area contributed by atoms with Gasteiger partial charge in [-0.05, 0) is 6.92 Å². The lowest BCUT2D eigenvalue weighted by atomic mass is 10.3.